The SMILES string of the molecule is Cc1cccc(C(=N)N)c1.O=C(O)C(=O)O. The number of aliphatic carboxylic acids is 2. The van der Waals surface area contributed by atoms with E-state index in [-0.39, 0.29) is 5.84 Å². The van der Waals surface area contributed by atoms with Crippen molar-refractivity contribution in [3.8, 4) is 0 Å². The van der Waals surface area contributed by atoms with Crippen LogP contribution in [0.15, 0.2) is 24.3 Å². The molecule has 16 heavy (non-hydrogen) atoms. The molecule has 5 N–H and O–H groups in total. The first-order valence-corrected chi connectivity index (χ1v) is 4.22. The fourth-order valence-electron chi connectivity index (χ4n) is 0.813. The number of hydrogen-bond donors (Lipinski definition) is 4. The van der Waals surface area contributed by atoms with Gasteiger partial charge in [-0.25, -0.2) is 9.59 Å². The molecular formula is C10H12N2O4. The van der Waals surface area contributed by atoms with Gasteiger partial charge in [-0.1, -0.05) is 23.8 Å². The van der Waals surface area contributed by atoms with Crippen LogP contribution in [-0.4, -0.2) is 28.0 Å². The predicted molar refractivity (Wildman–Crippen MR) is 57.5 cm³/mol. The van der Waals surface area contributed by atoms with E-state index >= 15 is 0 Å². The minimum Gasteiger partial charge on any atom is -0.473 e. The number of carbonyl (C=O) groups is 2. The maximum atomic E-state index is 9.10. The minimum absolute atomic E-state index is 0.128. The van der Waals surface area contributed by atoms with E-state index in [2.05, 4.69) is 0 Å². The number of nitrogen functional groups attached to an aromatic ring is 1. The summed E-state index contributed by atoms with van der Waals surface area (Å²) in [7, 11) is 0. The summed E-state index contributed by atoms with van der Waals surface area (Å²) >= 11 is 0. The van der Waals surface area contributed by atoms with Gasteiger partial charge in [-0.15, -0.1) is 0 Å². The molecule has 0 amide bonds. The number of aryl methyl sites for hydroxylation is 1. The molecule has 1 rings (SSSR count). The highest BCUT2D eigenvalue weighted by Gasteiger charge is 2.04. The molecule has 0 saturated carbocycles. The maximum absolute atomic E-state index is 9.10. The summed E-state index contributed by atoms with van der Waals surface area (Å²) in [6, 6.07) is 7.59. The molecule has 0 atom stereocenters. The Kier molecular flexibility index (Phi) is 5.26. The molecule has 1 aromatic carbocycles. The normalized spacial score (nSPS) is 8.56. The minimum atomic E-state index is -1.82. The number of nitrogens with one attached hydrogen (secondary N) is 1. The van der Waals surface area contributed by atoms with Gasteiger partial charge < -0.3 is 15.9 Å². The lowest BCUT2D eigenvalue weighted by Crippen LogP contribution is -2.10. The monoisotopic (exact) mass is 224 g/mol. The van der Waals surface area contributed by atoms with Crippen molar-refractivity contribution in [1.29, 1.82) is 5.41 Å². The van der Waals surface area contributed by atoms with Crippen LogP contribution in [0, 0.1) is 12.3 Å². The molecule has 0 aromatic heterocycles. The van der Waals surface area contributed by atoms with Crippen molar-refractivity contribution in [2.24, 2.45) is 5.73 Å². The molecule has 1 aromatic rings. The fraction of sp³-hybridized carbons (Fsp3) is 0.100. The average molecular weight is 224 g/mol. The second-order valence-electron chi connectivity index (χ2n) is 2.89. The lowest BCUT2D eigenvalue weighted by Gasteiger charge is -1.97. The second-order valence-corrected chi connectivity index (χ2v) is 2.89. The van der Waals surface area contributed by atoms with E-state index in [9.17, 15) is 0 Å². The summed E-state index contributed by atoms with van der Waals surface area (Å²) in [4.78, 5) is 18.2. The van der Waals surface area contributed by atoms with Gasteiger partial charge in [-0.3, -0.25) is 5.41 Å². The van der Waals surface area contributed by atoms with Gasteiger partial charge in [0.1, 0.15) is 5.84 Å². The first-order valence-electron chi connectivity index (χ1n) is 4.22. The molecule has 0 radical (unpaired) electrons. The Morgan fingerprint density at radius 1 is 1.25 bits per heavy atom. The molecule has 0 aliphatic rings. The van der Waals surface area contributed by atoms with E-state index in [0.29, 0.717) is 0 Å². The largest absolute Gasteiger partial charge is 0.473 e. The van der Waals surface area contributed by atoms with Crippen LogP contribution in [0.2, 0.25) is 0 Å². The molecule has 6 nitrogen and oxygen atoms in total. The average Bonchev–Trinajstić information content (AvgIpc) is 2.18. The highest BCUT2D eigenvalue weighted by Crippen LogP contribution is 2.01. The van der Waals surface area contributed by atoms with Crippen molar-refractivity contribution in [3.05, 3.63) is 35.4 Å². The van der Waals surface area contributed by atoms with Crippen molar-refractivity contribution in [2.45, 2.75) is 6.92 Å². The van der Waals surface area contributed by atoms with Gasteiger partial charge in [0.15, 0.2) is 0 Å². The van der Waals surface area contributed by atoms with E-state index in [4.69, 9.17) is 30.9 Å². The molecule has 0 heterocycles. The maximum Gasteiger partial charge on any atom is 0.414 e. The quantitative estimate of drug-likeness (QED) is 0.313. The first kappa shape index (κ1) is 13.6. The van der Waals surface area contributed by atoms with Gasteiger partial charge in [0.2, 0.25) is 0 Å². The summed E-state index contributed by atoms with van der Waals surface area (Å²) in [5, 5.41) is 21.9. The highest BCUT2D eigenvalue weighted by atomic mass is 16.4. The van der Waals surface area contributed by atoms with Gasteiger partial charge in [-0.2, -0.15) is 0 Å². The van der Waals surface area contributed by atoms with E-state index in [0.717, 1.165) is 11.1 Å². The summed E-state index contributed by atoms with van der Waals surface area (Å²) in [6.07, 6.45) is 0. The Morgan fingerprint density at radius 3 is 2.00 bits per heavy atom. The Bertz CT molecular complexity index is 403. The van der Waals surface area contributed by atoms with E-state index < -0.39 is 11.9 Å². The van der Waals surface area contributed by atoms with Crippen LogP contribution in [0.5, 0.6) is 0 Å². The van der Waals surface area contributed by atoms with E-state index in [1.54, 1.807) is 0 Å². The lowest BCUT2D eigenvalue weighted by atomic mass is 10.1. The Hall–Kier alpha value is -2.37. The number of rotatable bonds is 1. The molecule has 0 saturated heterocycles. The van der Waals surface area contributed by atoms with Crippen LogP contribution in [0.4, 0.5) is 0 Å². The summed E-state index contributed by atoms with van der Waals surface area (Å²) in [5.41, 5.74) is 7.19. The third kappa shape index (κ3) is 5.38. The van der Waals surface area contributed by atoms with Gasteiger partial charge in [0.25, 0.3) is 0 Å². The molecule has 86 valence electrons. The number of amidine groups is 1. The van der Waals surface area contributed by atoms with Crippen molar-refractivity contribution < 1.29 is 19.8 Å². The third-order valence-corrected chi connectivity index (χ3v) is 1.51. The van der Waals surface area contributed by atoms with Gasteiger partial charge in [-0.05, 0) is 13.0 Å². The second kappa shape index (κ2) is 6.18. The summed E-state index contributed by atoms with van der Waals surface area (Å²) < 4.78 is 0. The van der Waals surface area contributed by atoms with Crippen LogP contribution in [0.3, 0.4) is 0 Å². The molecule has 0 aliphatic heterocycles. The highest BCUT2D eigenvalue weighted by molar-refractivity contribution is 6.27. The molecule has 6 heteroatoms. The standard InChI is InChI=1S/C8H10N2.C2H2O4/c1-6-3-2-4-7(5-6)8(9)10;3-1(4)2(5)6/h2-5H,1H3,(H3,9,10);(H,3,4)(H,5,6). The predicted octanol–water partition coefficient (Wildman–Crippen LogP) is 0.435. The molecule has 0 unspecified atom stereocenters. The van der Waals surface area contributed by atoms with Crippen LogP contribution in [-0.2, 0) is 9.59 Å². The van der Waals surface area contributed by atoms with Crippen molar-refractivity contribution in [3.63, 3.8) is 0 Å². The van der Waals surface area contributed by atoms with Crippen LogP contribution in [0.1, 0.15) is 11.1 Å². The Balaban J connectivity index is 0.000000325. The van der Waals surface area contributed by atoms with Crippen molar-refractivity contribution >= 4 is 17.8 Å². The van der Waals surface area contributed by atoms with Crippen molar-refractivity contribution in [2.75, 3.05) is 0 Å². The summed E-state index contributed by atoms with van der Waals surface area (Å²) in [5.74, 6) is -3.52. The Labute approximate surface area is 91.8 Å². The molecule has 0 spiro atoms. The third-order valence-electron chi connectivity index (χ3n) is 1.51. The van der Waals surface area contributed by atoms with Crippen LogP contribution in [0.25, 0.3) is 0 Å². The van der Waals surface area contributed by atoms with Crippen LogP contribution >= 0.6 is 0 Å². The smallest absolute Gasteiger partial charge is 0.414 e. The Morgan fingerprint density at radius 2 is 1.75 bits per heavy atom. The van der Waals surface area contributed by atoms with Gasteiger partial charge in [0, 0.05) is 5.56 Å². The number of carboxylic acid groups (broad SMARTS) is 2. The van der Waals surface area contributed by atoms with Gasteiger partial charge in [0.05, 0.1) is 0 Å². The van der Waals surface area contributed by atoms with Gasteiger partial charge >= 0.3 is 11.9 Å². The zero-order valence-corrected chi connectivity index (χ0v) is 8.60. The number of carboxylic acids is 2. The summed E-state index contributed by atoms with van der Waals surface area (Å²) in [6.45, 7) is 1.98. The molecular weight excluding hydrogens is 212 g/mol. The lowest BCUT2D eigenvalue weighted by molar-refractivity contribution is -0.159. The molecule has 0 aliphatic carbocycles. The number of hydrogen-bond acceptors (Lipinski definition) is 3. The van der Waals surface area contributed by atoms with E-state index in [1.807, 2.05) is 31.2 Å². The first-order chi connectivity index (χ1) is 7.34. The topological polar surface area (TPSA) is 124 Å². The zero-order valence-electron chi connectivity index (χ0n) is 8.60. The zero-order chi connectivity index (χ0) is 12.7. The molecule has 0 fully saturated rings. The molecule has 0 bridgehead atoms. The fourth-order valence-corrected chi connectivity index (χ4v) is 0.813. The van der Waals surface area contributed by atoms with E-state index in [1.165, 1.54) is 0 Å². The number of nitrogens with two attached hydrogens (primary N) is 1. The van der Waals surface area contributed by atoms with Crippen LogP contribution < -0.4 is 5.73 Å². The van der Waals surface area contributed by atoms with Crippen molar-refractivity contribution in [1.82, 2.24) is 0 Å². The number of benzene rings is 1.